The molecule has 0 aliphatic rings. The molecule has 0 saturated heterocycles. The molecule has 0 heterocycles. The minimum absolute atomic E-state index is 0.384. The average Bonchev–Trinajstić information content (AvgIpc) is 3.05. The standard InChI is InChI=1S/C41H39NO/c1-3-4-22-42(39-24-30(2)23-38(28-39)34-15-9-6-10-16-34)29-37-21-20-35-19-18-32(27-40(35)41(37)43)25-31-12-11-17-36(26-31)33-13-7-5-8-14-33/h5-21,23-24,26-28,43H,3-4,22,25,29H2,1-2H3. The summed E-state index contributed by atoms with van der Waals surface area (Å²) in [6, 6.07) is 47.4. The molecule has 214 valence electrons. The maximum absolute atomic E-state index is 11.6. The lowest BCUT2D eigenvalue weighted by atomic mass is 9.96. The van der Waals surface area contributed by atoms with Gasteiger partial charge >= 0.3 is 0 Å². The van der Waals surface area contributed by atoms with Gasteiger partial charge in [0.2, 0.25) is 0 Å². The van der Waals surface area contributed by atoms with Crippen molar-refractivity contribution in [1.29, 1.82) is 0 Å². The van der Waals surface area contributed by atoms with E-state index in [1.807, 2.05) is 0 Å². The Morgan fingerprint density at radius 2 is 1.28 bits per heavy atom. The highest BCUT2D eigenvalue weighted by atomic mass is 16.3. The summed E-state index contributed by atoms with van der Waals surface area (Å²) in [5.74, 6) is 0.384. The summed E-state index contributed by atoms with van der Waals surface area (Å²) >= 11 is 0. The van der Waals surface area contributed by atoms with Crippen molar-refractivity contribution in [1.82, 2.24) is 0 Å². The van der Waals surface area contributed by atoms with Crippen molar-refractivity contribution in [2.75, 3.05) is 11.4 Å². The van der Waals surface area contributed by atoms with Crippen LogP contribution < -0.4 is 4.90 Å². The fourth-order valence-electron chi connectivity index (χ4n) is 5.96. The van der Waals surface area contributed by atoms with Gasteiger partial charge in [-0.15, -0.1) is 0 Å². The van der Waals surface area contributed by atoms with E-state index in [0.29, 0.717) is 12.3 Å². The number of hydrogen-bond donors (Lipinski definition) is 1. The molecular formula is C41H39NO. The van der Waals surface area contributed by atoms with E-state index in [4.69, 9.17) is 0 Å². The van der Waals surface area contributed by atoms with E-state index in [1.165, 1.54) is 44.6 Å². The molecule has 2 heteroatoms. The Balaban J connectivity index is 1.29. The zero-order valence-electron chi connectivity index (χ0n) is 25.1. The number of unbranched alkanes of at least 4 members (excludes halogenated alkanes) is 1. The van der Waals surface area contributed by atoms with Gasteiger partial charge in [0.1, 0.15) is 5.75 Å². The Morgan fingerprint density at radius 1 is 0.605 bits per heavy atom. The number of benzene rings is 6. The molecule has 43 heavy (non-hydrogen) atoms. The van der Waals surface area contributed by atoms with E-state index in [1.54, 1.807) is 0 Å². The fraction of sp³-hybridized carbons (Fsp3) is 0.171. The summed E-state index contributed by atoms with van der Waals surface area (Å²) in [7, 11) is 0. The Hall–Kier alpha value is -4.82. The molecule has 0 aliphatic heterocycles. The Bertz CT molecular complexity index is 1820. The molecule has 0 fully saturated rings. The highest BCUT2D eigenvalue weighted by Gasteiger charge is 2.15. The highest BCUT2D eigenvalue weighted by molar-refractivity contribution is 5.90. The van der Waals surface area contributed by atoms with Crippen molar-refractivity contribution >= 4 is 16.5 Å². The third kappa shape index (κ3) is 6.65. The van der Waals surface area contributed by atoms with Crippen LogP contribution in [0, 0.1) is 6.92 Å². The number of fused-ring (bicyclic) bond motifs is 1. The van der Waals surface area contributed by atoms with Crippen LogP contribution in [0.2, 0.25) is 0 Å². The van der Waals surface area contributed by atoms with Crippen molar-refractivity contribution in [3.05, 3.63) is 156 Å². The summed E-state index contributed by atoms with van der Waals surface area (Å²) in [4.78, 5) is 2.42. The van der Waals surface area contributed by atoms with Crippen LogP contribution in [-0.2, 0) is 13.0 Å². The van der Waals surface area contributed by atoms with Crippen molar-refractivity contribution in [3.63, 3.8) is 0 Å². The number of phenols is 1. The second-order valence-electron chi connectivity index (χ2n) is 11.6. The van der Waals surface area contributed by atoms with Crippen LogP contribution >= 0.6 is 0 Å². The van der Waals surface area contributed by atoms with Crippen LogP contribution in [0.15, 0.2) is 133 Å². The van der Waals surface area contributed by atoms with Gasteiger partial charge in [-0.2, -0.15) is 0 Å². The molecule has 0 aromatic heterocycles. The molecule has 0 spiro atoms. The minimum Gasteiger partial charge on any atom is -0.507 e. The van der Waals surface area contributed by atoms with Crippen molar-refractivity contribution in [3.8, 4) is 28.0 Å². The molecule has 0 unspecified atom stereocenters. The number of nitrogens with zero attached hydrogens (tertiary/aromatic N) is 1. The lowest BCUT2D eigenvalue weighted by Gasteiger charge is -2.27. The topological polar surface area (TPSA) is 23.5 Å². The van der Waals surface area contributed by atoms with Gasteiger partial charge in [0, 0.05) is 29.7 Å². The smallest absolute Gasteiger partial charge is 0.128 e. The molecule has 0 aliphatic carbocycles. The molecule has 6 rings (SSSR count). The van der Waals surface area contributed by atoms with Crippen LogP contribution in [-0.4, -0.2) is 11.7 Å². The first-order valence-electron chi connectivity index (χ1n) is 15.4. The van der Waals surface area contributed by atoms with Gasteiger partial charge in [-0.3, -0.25) is 0 Å². The first-order chi connectivity index (χ1) is 21.1. The lowest BCUT2D eigenvalue weighted by molar-refractivity contribution is 0.473. The molecular weight excluding hydrogens is 522 g/mol. The summed E-state index contributed by atoms with van der Waals surface area (Å²) in [5.41, 5.74) is 10.7. The molecule has 6 aromatic rings. The molecule has 0 saturated carbocycles. The molecule has 0 atom stereocenters. The molecule has 2 nitrogen and oxygen atoms in total. The molecule has 0 radical (unpaired) electrons. The van der Waals surface area contributed by atoms with Crippen LogP contribution in [0.3, 0.4) is 0 Å². The maximum atomic E-state index is 11.6. The number of anilines is 1. The third-order valence-electron chi connectivity index (χ3n) is 8.26. The second-order valence-corrected chi connectivity index (χ2v) is 11.6. The number of aryl methyl sites for hydroxylation is 1. The van der Waals surface area contributed by atoms with E-state index in [9.17, 15) is 5.11 Å². The van der Waals surface area contributed by atoms with E-state index in [0.717, 1.165) is 42.1 Å². The Labute approximate surface area is 255 Å². The predicted octanol–water partition coefficient (Wildman–Crippen LogP) is 10.6. The molecule has 0 amide bonds. The number of hydrogen-bond acceptors (Lipinski definition) is 2. The van der Waals surface area contributed by atoms with Gasteiger partial charge in [0.25, 0.3) is 0 Å². The SMILES string of the molecule is CCCCN(Cc1ccc2ccc(Cc3cccc(-c4ccccc4)c3)cc2c1O)c1cc(C)cc(-c2ccccc2)c1. The van der Waals surface area contributed by atoms with Gasteiger partial charge in [-0.25, -0.2) is 0 Å². The van der Waals surface area contributed by atoms with Gasteiger partial charge in [-0.1, -0.05) is 129 Å². The quantitative estimate of drug-likeness (QED) is 0.180. The number of aromatic hydroxyl groups is 1. The van der Waals surface area contributed by atoms with Crippen LogP contribution in [0.25, 0.3) is 33.0 Å². The summed E-state index contributed by atoms with van der Waals surface area (Å²) in [5, 5.41) is 13.6. The molecule has 1 N–H and O–H groups in total. The fourth-order valence-corrected chi connectivity index (χ4v) is 5.96. The van der Waals surface area contributed by atoms with Crippen molar-refractivity contribution in [2.24, 2.45) is 0 Å². The monoisotopic (exact) mass is 561 g/mol. The van der Waals surface area contributed by atoms with Crippen LogP contribution in [0.1, 0.15) is 42.0 Å². The normalized spacial score (nSPS) is 11.1. The highest BCUT2D eigenvalue weighted by Crippen LogP contribution is 2.34. The van der Waals surface area contributed by atoms with Crippen LogP contribution in [0.5, 0.6) is 5.75 Å². The summed E-state index contributed by atoms with van der Waals surface area (Å²) in [6.45, 7) is 5.99. The molecule has 6 aromatic carbocycles. The van der Waals surface area contributed by atoms with E-state index < -0.39 is 0 Å². The molecule has 0 bridgehead atoms. The largest absolute Gasteiger partial charge is 0.507 e. The van der Waals surface area contributed by atoms with Gasteiger partial charge in [0.05, 0.1) is 0 Å². The van der Waals surface area contributed by atoms with E-state index in [2.05, 4.69) is 152 Å². The van der Waals surface area contributed by atoms with E-state index in [-0.39, 0.29) is 0 Å². The third-order valence-corrected chi connectivity index (χ3v) is 8.26. The maximum Gasteiger partial charge on any atom is 0.128 e. The Morgan fingerprint density at radius 3 is 2.02 bits per heavy atom. The van der Waals surface area contributed by atoms with Crippen molar-refractivity contribution in [2.45, 2.75) is 39.7 Å². The van der Waals surface area contributed by atoms with Crippen molar-refractivity contribution < 1.29 is 5.11 Å². The van der Waals surface area contributed by atoms with E-state index >= 15 is 0 Å². The van der Waals surface area contributed by atoms with Gasteiger partial charge < -0.3 is 10.0 Å². The van der Waals surface area contributed by atoms with Crippen LogP contribution in [0.4, 0.5) is 5.69 Å². The first kappa shape index (κ1) is 28.3. The number of rotatable bonds is 10. The summed E-state index contributed by atoms with van der Waals surface area (Å²) < 4.78 is 0. The zero-order chi connectivity index (χ0) is 29.6. The number of phenolic OH excluding ortho intramolecular Hbond substituents is 1. The predicted molar refractivity (Wildman–Crippen MR) is 183 cm³/mol. The zero-order valence-corrected chi connectivity index (χ0v) is 25.1. The Kier molecular flexibility index (Phi) is 8.56. The minimum atomic E-state index is 0.384. The second kappa shape index (κ2) is 13.0. The van der Waals surface area contributed by atoms with Gasteiger partial charge in [-0.05, 0) is 82.3 Å². The lowest BCUT2D eigenvalue weighted by Crippen LogP contribution is -2.24. The van der Waals surface area contributed by atoms with Gasteiger partial charge in [0.15, 0.2) is 0 Å². The summed E-state index contributed by atoms with van der Waals surface area (Å²) in [6.07, 6.45) is 3.02. The average molecular weight is 562 g/mol. The first-order valence-corrected chi connectivity index (χ1v) is 15.4.